The van der Waals surface area contributed by atoms with Gasteiger partial charge in [-0.15, -0.1) is 0 Å². The van der Waals surface area contributed by atoms with Crippen molar-refractivity contribution in [2.45, 2.75) is 0 Å². The van der Waals surface area contributed by atoms with E-state index in [0.717, 1.165) is 0 Å². The van der Waals surface area contributed by atoms with Crippen LogP contribution < -0.4 is 15.8 Å². The third kappa shape index (κ3) is 3.14. The Kier molecular flexibility index (Phi) is 3.87. The summed E-state index contributed by atoms with van der Waals surface area (Å²) in [5.41, 5.74) is 6.58. The van der Waals surface area contributed by atoms with E-state index >= 15 is 0 Å². The summed E-state index contributed by atoms with van der Waals surface area (Å²) in [7, 11) is 1.49. The van der Waals surface area contributed by atoms with Crippen LogP contribution in [-0.2, 0) is 0 Å². The predicted molar refractivity (Wildman–Crippen MR) is 74.6 cm³/mol. The molecule has 0 aliphatic heterocycles. The second kappa shape index (κ2) is 5.58. The van der Waals surface area contributed by atoms with E-state index in [4.69, 9.17) is 22.1 Å². The number of carbonyl (C=O) groups is 1. The van der Waals surface area contributed by atoms with E-state index in [9.17, 15) is 4.79 Å². The Labute approximate surface area is 115 Å². The van der Waals surface area contributed by atoms with Crippen molar-refractivity contribution in [1.82, 2.24) is 4.98 Å². The molecule has 0 aliphatic rings. The van der Waals surface area contributed by atoms with Gasteiger partial charge in [0.05, 0.1) is 12.8 Å². The number of nitrogens with zero attached hydrogens (tertiary/aromatic N) is 1. The van der Waals surface area contributed by atoms with Gasteiger partial charge < -0.3 is 15.8 Å². The van der Waals surface area contributed by atoms with Crippen LogP contribution in [0.4, 0.5) is 11.5 Å². The SMILES string of the molecule is COc1cc(C(=O)Nc2cccc(Cl)n2)ccc1N. The van der Waals surface area contributed by atoms with Crippen molar-refractivity contribution in [2.24, 2.45) is 0 Å². The summed E-state index contributed by atoms with van der Waals surface area (Å²) in [6.45, 7) is 0. The van der Waals surface area contributed by atoms with E-state index in [0.29, 0.717) is 28.0 Å². The van der Waals surface area contributed by atoms with Crippen LogP contribution >= 0.6 is 11.6 Å². The van der Waals surface area contributed by atoms with Crippen LogP contribution in [0.1, 0.15) is 10.4 Å². The molecule has 3 N–H and O–H groups in total. The molecule has 1 aromatic carbocycles. The zero-order chi connectivity index (χ0) is 13.8. The van der Waals surface area contributed by atoms with Crippen LogP contribution in [0.15, 0.2) is 36.4 Å². The highest BCUT2D eigenvalue weighted by atomic mass is 35.5. The fraction of sp³-hybridized carbons (Fsp3) is 0.0769. The van der Waals surface area contributed by atoms with Crippen molar-refractivity contribution in [3.05, 3.63) is 47.1 Å². The molecule has 5 nitrogen and oxygen atoms in total. The highest BCUT2D eigenvalue weighted by Gasteiger charge is 2.09. The molecule has 1 amide bonds. The van der Waals surface area contributed by atoms with Crippen LogP contribution in [0, 0.1) is 0 Å². The lowest BCUT2D eigenvalue weighted by atomic mass is 10.2. The first kappa shape index (κ1) is 13.2. The Morgan fingerprint density at radius 1 is 1.37 bits per heavy atom. The molecule has 0 unspecified atom stereocenters. The van der Waals surface area contributed by atoms with Gasteiger partial charge in [0.2, 0.25) is 0 Å². The largest absolute Gasteiger partial charge is 0.495 e. The van der Waals surface area contributed by atoms with Crippen LogP contribution in [0.25, 0.3) is 0 Å². The minimum absolute atomic E-state index is 0.312. The number of hydrogen-bond donors (Lipinski definition) is 2. The lowest BCUT2D eigenvalue weighted by Gasteiger charge is -2.08. The van der Waals surface area contributed by atoms with Gasteiger partial charge in [-0.05, 0) is 30.3 Å². The zero-order valence-electron chi connectivity index (χ0n) is 10.2. The number of hydrogen-bond acceptors (Lipinski definition) is 4. The van der Waals surface area contributed by atoms with Crippen molar-refractivity contribution >= 4 is 29.0 Å². The van der Waals surface area contributed by atoms with Gasteiger partial charge in [0.1, 0.15) is 16.7 Å². The summed E-state index contributed by atoms with van der Waals surface area (Å²) in [6, 6.07) is 9.77. The van der Waals surface area contributed by atoms with Crippen LogP contribution in [-0.4, -0.2) is 18.0 Å². The second-order valence-corrected chi connectivity index (χ2v) is 4.14. The van der Waals surface area contributed by atoms with E-state index in [1.165, 1.54) is 7.11 Å². The van der Waals surface area contributed by atoms with Gasteiger partial charge in [-0.25, -0.2) is 4.98 Å². The van der Waals surface area contributed by atoms with Crippen molar-refractivity contribution < 1.29 is 9.53 Å². The maximum absolute atomic E-state index is 12.0. The molecule has 6 heteroatoms. The zero-order valence-corrected chi connectivity index (χ0v) is 10.9. The Morgan fingerprint density at radius 3 is 2.84 bits per heavy atom. The van der Waals surface area contributed by atoms with Crippen molar-refractivity contribution in [3.63, 3.8) is 0 Å². The number of carbonyl (C=O) groups excluding carboxylic acids is 1. The maximum Gasteiger partial charge on any atom is 0.256 e. The summed E-state index contributed by atoms with van der Waals surface area (Å²) in [5.74, 6) is 0.521. The number of methoxy groups -OCH3 is 1. The molecule has 0 atom stereocenters. The number of nitrogens with one attached hydrogen (secondary N) is 1. The standard InChI is InChI=1S/C13H12ClN3O2/c1-19-10-7-8(5-6-9(10)15)13(18)17-12-4-2-3-11(14)16-12/h2-7H,15H2,1H3,(H,16,17,18). The molecule has 0 saturated carbocycles. The lowest BCUT2D eigenvalue weighted by Crippen LogP contribution is -2.13. The first-order valence-corrected chi connectivity index (χ1v) is 5.85. The number of nitrogens with two attached hydrogens (primary N) is 1. The van der Waals surface area contributed by atoms with Gasteiger partial charge in [-0.2, -0.15) is 0 Å². The number of rotatable bonds is 3. The molecule has 2 rings (SSSR count). The normalized spacial score (nSPS) is 10.0. The number of benzene rings is 1. The minimum Gasteiger partial charge on any atom is -0.495 e. The lowest BCUT2D eigenvalue weighted by molar-refractivity contribution is 0.102. The van der Waals surface area contributed by atoms with Gasteiger partial charge in [0.15, 0.2) is 0 Å². The summed E-state index contributed by atoms with van der Waals surface area (Å²) in [5, 5.41) is 2.95. The molecule has 0 spiro atoms. The molecular formula is C13H12ClN3O2. The Hall–Kier alpha value is -2.27. The third-order valence-electron chi connectivity index (χ3n) is 2.45. The molecule has 0 radical (unpaired) electrons. The summed E-state index contributed by atoms with van der Waals surface area (Å²) < 4.78 is 5.06. The second-order valence-electron chi connectivity index (χ2n) is 3.76. The Bertz CT molecular complexity index is 617. The molecule has 98 valence electrons. The number of anilines is 2. The monoisotopic (exact) mass is 277 g/mol. The first-order chi connectivity index (χ1) is 9.10. The Balaban J connectivity index is 2.20. The number of halogens is 1. The van der Waals surface area contributed by atoms with Gasteiger partial charge in [0, 0.05) is 5.56 Å². The molecule has 0 saturated heterocycles. The first-order valence-electron chi connectivity index (χ1n) is 5.47. The topological polar surface area (TPSA) is 77.2 Å². The van der Waals surface area contributed by atoms with Gasteiger partial charge in [0.25, 0.3) is 5.91 Å². The highest BCUT2D eigenvalue weighted by molar-refractivity contribution is 6.29. The summed E-state index contributed by atoms with van der Waals surface area (Å²) >= 11 is 5.74. The number of aromatic nitrogens is 1. The predicted octanol–water partition coefficient (Wildman–Crippen LogP) is 2.58. The molecule has 0 aliphatic carbocycles. The van der Waals surface area contributed by atoms with Crippen molar-refractivity contribution in [3.8, 4) is 5.75 Å². The van der Waals surface area contributed by atoms with Crippen molar-refractivity contribution in [1.29, 1.82) is 0 Å². The number of nitrogen functional groups attached to an aromatic ring is 1. The van der Waals surface area contributed by atoms with E-state index < -0.39 is 0 Å². The number of ether oxygens (including phenoxy) is 1. The molecule has 0 fully saturated rings. The van der Waals surface area contributed by atoms with E-state index in [1.54, 1.807) is 36.4 Å². The summed E-state index contributed by atoms with van der Waals surface area (Å²) in [6.07, 6.45) is 0. The molecule has 0 bridgehead atoms. The fourth-order valence-electron chi connectivity index (χ4n) is 1.52. The Morgan fingerprint density at radius 2 is 2.16 bits per heavy atom. The van der Waals surface area contributed by atoms with Gasteiger partial charge >= 0.3 is 0 Å². The van der Waals surface area contributed by atoms with Gasteiger partial charge in [-0.1, -0.05) is 17.7 Å². The van der Waals surface area contributed by atoms with Crippen LogP contribution in [0.5, 0.6) is 5.75 Å². The molecule has 1 aromatic heterocycles. The van der Waals surface area contributed by atoms with Gasteiger partial charge in [-0.3, -0.25) is 4.79 Å². The summed E-state index contributed by atoms with van der Waals surface area (Å²) in [4.78, 5) is 16.0. The fourth-order valence-corrected chi connectivity index (χ4v) is 1.68. The molecule has 19 heavy (non-hydrogen) atoms. The average Bonchev–Trinajstić information content (AvgIpc) is 2.39. The quantitative estimate of drug-likeness (QED) is 0.668. The number of pyridine rings is 1. The molecule has 2 aromatic rings. The van der Waals surface area contributed by atoms with E-state index in [-0.39, 0.29) is 5.91 Å². The third-order valence-corrected chi connectivity index (χ3v) is 2.66. The maximum atomic E-state index is 12.0. The number of amides is 1. The van der Waals surface area contributed by atoms with Crippen molar-refractivity contribution in [2.75, 3.05) is 18.2 Å². The molecule has 1 heterocycles. The van der Waals surface area contributed by atoms with E-state index in [1.807, 2.05) is 0 Å². The van der Waals surface area contributed by atoms with E-state index in [2.05, 4.69) is 10.3 Å². The smallest absolute Gasteiger partial charge is 0.256 e. The van der Waals surface area contributed by atoms with Crippen LogP contribution in [0.3, 0.4) is 0 Å². The van der Waals surface area contributed by atoms with Crippen LogP contribution in [0.2, 0.25) is 5.15 Å². The highest BCUT2D eigenvalue weighted by Crippen LogP contribution is 2.22. The average molecular weight is 278 g/mol. The minimum atomic E-state index is -0.312. The molecular weight excluding hydrogens is 266 g/mol.